The number of urea groups is 1. The van der Waals surface area contributed by atoms with Crippen molar-refractivity contribution in [2.24, 2.45) is 0 Å². The molecule has 0 spiro atoms. The van der Waals surface area contributed by atoms with E-state index in [4.69, 9.17) is 4.74 Å². The minimum absolute atomic E-state index is 0.0167. The SMILES string of the molecule is O=C(NCC1CNCCO1)Nc1cccc(F)c1. The van der Waals surface area contributed by atoms with Gasteiger partial charge < -0.3 is 20.7 Å². The van der Waals surface area contributed by atoms with Gasteiger partial charge in [0.05, 0.1) is 12.7 Å². The maximum Gasteiger partial charge on any atom is 0.319 e. The van der Waals surface area contributed by atoms with Gasteiger partial charge in [-0.05, 0) is 18.2 Å². The minimum Gasteiger partial charge on any atom is -0.374 e. The van der Waals surface area contributed by atoms with Crippen LogP contribution >= 0.6 is 0 Å². The number of carbonyl (C=O) groups is 1. The Labute approximate surface area is 105 Å². The molecule has 2 amide bonds. The minimum atomic E-state index is -0.382. The Morgan fingerprint density at radius 2 is 2.44 bits per heavy atom. The third-order valence-corrected chi connectivity index (χ3v) is 2.58. The average molecular weight is 253 g/mol. The first-order valence-electron chi connectivity index (χ1n) is 5.87. The number of carbonyl (C=O) groups excluding carboxylic acids is 1. The van der Waals surface area contributed by atoms with Gasteiger partial charge in [0.1, 0.15) is 5.82 Å². The Hall–Kier alpha value is -1.66. The second-order valence-corrected chi connectivity index (χ2v) is 4.04. The lowest BCUT2D eigenvalue weighted by atomic mass is 10.3. The molecule has 5 nitrogen and oxygen atoms in total. The molecule has 1 atom stereocenters. The van der Waals surface area contributed by atoms with E-state index in [0.29, 0.717) is 18.8 Å². The molecule has 18 heavy (non-hydrogen) atoms. The molecular weight excluding hydrogens is 237 g/mol. The third kappa shape index (κ3) is 3.97. The Morgan fingerprint density at radius 1 is 1.56 bits per heavy atom. The Morgan fingerprint density at radius 3 is 3.17 bits per heavy atom. The van der Waals surface area contributed by atoms with Crippen molar-refractivity contribution >= 4 is 11.7 Å². The molecule has 0 aliphatic carbocycles. The van der Waals surface area contributed by atoms with E-state index in [0.717, 1.165) is 13.1 Å². The molecular formula is C12H16FN3O2. The Balaban J connectivity index is 1.74. The molecule has 1 aliphatic heterocycles. The summed E-state index contributed by atoms with van der Waals surface area (Å²) in [4.78, 5) is 11.5. The summed E-state index contributed by atoms with van der Waals surface area (Å²) in [5.74, 6) is -0.382. The van der Waals surface area contributed by atoms with Gasteiger partial charge in [0.25, 0.3) is 0 Å². The first-order chi connectivity index (χ1) is 8.74. The van der Waals surface area contributed by atoms with Crippen LogP contribution in [0.5, 0.6) is 0 Å². The second-order valence-electron chi connectivity index (χ2n) is 4.04. The first kappa shape index (κ1) is 12.8. The van der Waals surface area contributed by atoms with Gasteiger partial charge in [-0.3, -0.25) is 0 Å². The molecule has 0 saturated carbocycles. The quantitative estimate of drug-likeness (QED) is 0.751. The predicted octanol–water partition coefficient (Wildman–Crippen LogP) is 0.936. The highest BCUT2D eigenvalue weighted by Crippen LogP contribution is 2.08. The number of rotatable bonds is 3. The monoisotopic (exact) mass is 253 g/mol. The van der Waals surface area contributed by atoms with Crippen LogP contribution in [0, 0.1) is 5.82 Å². The highest BCUT2D eigenvalue weighted by molar-refractivity contribution is 5.89. The number of hydrogen-bond donors (Lipinski definition) is 3. The summed E-state index contributed by atoms with van der Waals surface area (Å²) in [7, 11) is 0. The number of amides is 2. The Bertz CT molecular complexity index is 408. The van der Waals surface area contributed by atoms with E-state index in [1.165, 1.54) is 12.1 Å². The van der Waals surface area contributed by atoms with Crippen LogP contribution in [0.25, 0.3) is 0 Å². The highest BCUT2D eigenvalue weighted by Gasteiger charge is 2.14. The second kappa shape index (κ2) is 6.32. The van der Waals surface area contributed by atoms with Gasteiger partial charge in [-0.15, -0.1) is 0 Å². The molecule has 6 heteroatoms. The number of hydrogen-bond acceptors (Lipinski definition) is 3. The summed E-state index contributed by atoms with van der Waals surface area (Å²) >= 11 is 0. The number of benzene rings is 1. The van der Waals surface area contributed by atoms with E-state index < -0.39 is 0 Å². The molecule has 1 aromatic carbocycles. The van der Waals surface area contributed by atoms with Crippen molar-refractivity contribution in [2.75, 3.05) is 31.6 Å². The van der Waals surface area contributed by atoms with Crippen LogP contribution in [0.4, 0.5) is 14.9 Å². The van der Waals surface area contributed by atoms with E-state index in [-0.39, 0.29) is 18.0 Å². The standard InChI is InChI=1S/C12H16FN3O2/c13-9-2-1-3-10(6-9)16-12(17)15-8-11-7-14-4-5-18-11/h1-3,6,11,14H,4-5,7-8H2,(H2,15,16,17). The van der Waals surface area contributed by atoms with Gasteiger partial charge in [0, 0.05) is 25.3 Å². The average Bonchev–Trinajstić information content (AvgIpc) is 2.38. The van der Waals surface area contributed by atoms with Crippen molar-refractivity contribution in [1.82, 2.24) is 10.6 Å². The maximum absolute atomic E-state index is 12.9. The summed E-state index contributed by atoms with van der Waals surface area (Å²) in [5.41, 5.74) is 0.426. The molecule has 0 radical (unpaired) electrons. The van der Waals surface area contributed by atoms with E-state index in [1.807, 2.05) is 0 Å². The molecule has 1 unspecified atom stereocenters. The predicted molar refractivity (Wildman–Crippen MR) is 66.0 cm³/mol. The lowest BCUT2D eigenvalue weighted by molar-refractivity contribution is 0.0310. The topological polar surface area (TPSA) is 62.4 Å². The van der Waals surface area contributed by atoms with E-state index >= 15 is 0 Å². The van der Waals surface area contributed by atoms with Crippen molar-refractivity contribution in [3.63, 3.8) is 0 Å². The summed E-state index contributed by atoms with van der Waals surface area (Å²) in [5, 5.41) is 8.41. The van der Waals surface area contributed by atoms with E-state index in [2.05, 4.69) is 16.0 Å². The van der Waals surface area contributed by atoms with Gasteiger partial charge in [0.2, 0.25) is 0 Å². The van der Waals surface area contributed by atoms with E-state index in [1.54, 1.807) is 12.1 Å². The zero-order valence-corrected chi connectivity index (χ0v) is 9.91. The normalized spacial score (nSPS) is 19.3. The van der Waals surface area contributed by atoms with Crippen molar-refractivity contribution < 1.29 is 13.9 Å². The van der Waals surface area contributed by atoms with Gasteiger partial charge in [-0.25, -0.2) is 9.18 Å². The summed E-state index contributed by atoms with van der Waals surface area (Å²) in [6.07, 6.45) is -0.0167. The van der Waals surface area contributed by atoms with Crippen LogP contribution in [0.3, 0.4) is 0 Å². The molecule has 0 aromatic heterocycles. The molecule has 3 N–H and O–H groups in total. The molecule has 98 valence electrons. The van der Waals surface area contributed by atoms with E-state index in [9.17, 15) is 9.18 Å². The number of anilines is 1. The lowest BCUT2D eigenvalue weighted by Gasteiger charge is -2.23. The zero-order valence-electron chi connectivity index (χ0n) is 9.91. The van der Waals surface area contributed by atoms with Gasteiger partial charge in [0.15, 0.2) is 0 Å². The van der Waals surface area contributed by atoms with Crippen LogP contribution in [-0.4, -0.2) is 38.4 Å². The number of ether oxygens (including phenoxy) is 1. The smallest absolute Gasteiger partial charge is 0.319 e. The number of morpholine rings is 1. The first-order valence-corrected chi connectivity index (χ1v) is 5.87. The molecule has 0 bridgehead atoms. The van der Waals surface area contributed by atoms with Crippen LogP contribution < -0.4 is 16.0 Å². The molecule has 1 fully saturated rings. The van der Waals surface area contributed by atoms with Crippen LogP contribution in [0.15, 0.2) is 24.3 Å². The molecule has 1 saturated heterocycles. The molecule has 2 rings (SSSR count). The molecule has 1 heterocycles. The van der Waals surface area contributed by atoms with Crippen molar-refractivity contribution in [3.05, 3.63) is 30.1 Å². The zero-order chi connectivity index (χ0) is 12.8. The molecule has 1 aliphatic rings. The summed E-state index contributed by atoms with van der Waals surface area (Å²) in [6, 6.07) is 5.39. The van der Waals surface area contributed by atoms with Crippen molar-refractivity contribution in [2.45, 2.75) is 6.10 Å². The largest absolute Gasteiger partial charge is 0.374 e. The number of nitrogens with one attached hydrogen (secondary N) is 3. The van der Waals surface area contributed by atoms with Gasteiger partial charge >= 0.3 is 6.03 Å². The van der Waals surface area contributed by atoms with Crippen molar-refractivity contribution in [1.29, 1.82) is 0 Å². The van der Waals surface area contributed by atoms with Gasteiger partial charge in [-0.1, -0.05) is 6.07 Å². The summed E-state index contributed by atoms with van der Waals surface area (Å²) < 4.78 is 18.3. The molecule has 1 aromatic rings. The fraction of sp³-hybridized carbons (Fsp3) is 0.417. The Kier molecular flexibility index (Phi) is 4.49. The summed E-state index contributed by atoms with van der Waals surface area (Å²) in [6.45, 7) is 2.64. The van der Waals surface area contributed by atoms with Crippen LogP contribution in [0.1, 0.15) is 0 Å². The lowest BCUT2D eigenvalue weighted by Crippen LogP contribution is -2.45. The van der Waals surface area contributed by atoms with Crippen LogP contribution in [0.2, 0.25) is 0 Å². The third-order valence-electron chi connectivity index (χ3n) is 2.58. The fourth-order valence-electron chi connectivity index (χ4n) is 1.70. The highest BCUT2D eigenvalue weighted by atomic mass is 19.1. The van der Waals surface area contributed by atoms with Crippen molar-refractivity contribution in [3.8, 4) is 0 Å². The van der Waals surface area contributed by atoms with Gasteiger partial charge in [-0.2, -0.15) is 0 Å². The fourth-order valence-corrected chi connectivity index (χ4v) is 1.70. The number of halogens is 1. The van der Waals surface area contributed by atoms with Crippen LogP contribution in [-0.2, 0) is 4.74 Å². The maximum atomic E-state index is 12.9.